The molecule has 12 heteroatoms. The van der Waals surface area contributed by atoms with Gasteiger partial charge in [0.1, 0.15) is 24.1 Å². The van der Waals surface area contributed by atoms with E-state index in [0.29, 0.717) is 36.4 Å². The number of ether oxygens (including phenoxy) is 1. The first-order valence-electron chi connectivity index (χ1n) is 13.2. The quantitative estimate of drug-likeness (QED) is 0.325. The Hall–Kier alpha value is -4.25. The normalized spacial score (nSPS) is 20.3. The van der Waals surface area contributed by atoms with Crippen LogP contribution in [0.4, 0.5) is 14.6 Å². The standard InChI is InChI=1S/C29H27ClF2N6O3/c1-4-24(39)36-12-17(3)37(13-16(36)2)28-21-11-22(30)25(20-7-6-18(31)10-23(20)32)27-26(21)38(29(40)34-28)19(15-41-27)14-35-9-5-8-33-35/h4-11,16-17,19H,1,12-15H2,2-3H3/t16-,17+,19-/m1/s1. The molecule has 0 radical (unpaired) electrons. The van der Waals surface area contributed by atoms with Gasteiger partial charge in [0.2, 0.25) is 5.91 Å². The van der Waals surface area contributed by atoms with E-state index in [2.05, 4.69) is 16.7 Å². The van der Waals surface area contributed by atoms with Gasteiger partial charge < -0.3 is 14.5 Å². The molecular formula is C29H27ClF2N6O3. The number of carbonyl (C=O) groups excluding carboxylic acids is 1. The number of hydrogen-bond acceptors (Lipinski definition) is 6. The Morgan fingerprint density at radius 1 is 1.22 bits per heavy atom. The van der Waals surface area contributed by atoms with Crippen molar-refractivity contribution in [3.05, 3.63) is 82.5 Å². The number of halogens is 3. The Morgan fingerprint density at radius 2 is 2.02 bits per heavy atom. The summed E-state index contributed by atoms with van der Waals surface area (Å²) in [6.07, 6.45) is 4.72. The SMILES string of the molecule is C=CC(=O)N1C[C@H](C)N(c2nc(=O)n3c4c(c(-c5ccc(F)cc5F)c(Cl)cc24)OC[C@H]3Cn2cccn2)C[C@H]1C. The van der Waals surface area contributed by atoms with Crippen molar-refractivity contribution in [2.45, 2.75) is 38.5 Å². The Bertz CT molecular complexity index is 1740. The van der Waals surface area contributed by atoms with Gasteiger partial charge in [-0.2, -0.15) is 10.1 Å². The Balaban J connectivity index is 1.58. The van der Waals surface area contributed by atoms with Gasteiger partial charge in [-0.25, -0.2) is 13.6 Å². The number of nitrogens with zero attached hydrogens (tertiary/aromatic N) is 6. The number of rotatable bonds is 5. The van der Waals surface area contributed by atoms with Crippen molar-refractivity contribution in [1.82, 2.24) is 24.2 Å². The van der Waals surface area contributed by atoms with E-state index in [1.807, 2.05) is 18.7 Å². The first-order valence-corrected chi connectivity index (χ1v) is 13.6. The highest BCUT2D eigenvalue weighted by Gasteiger charge is 2.36. The molecule has 2 aromatic carbocycles. The van der Waals surface area contributed by atoms with Crippen molar-refractivity contribution in [3.63, 3.8) is 0 Å². The van der Waals surface area contributed by atoms with Gasteiger partial charge in [-0.05, 0) is 44.2 Å². The number of hydrogen-bond donors (Lipinski definition) is 0. The van der Waals surface area contributed by atoms with Crippen molar-refractivity contribution >= 4 is 34.2 Å². The zero-order chi connectivity index (χ0) is 29.0. The highest BCUT2D eigenvalue weighted by Crippen LogP contribution is 2.47. The molecule has 1 fully saturated rings. The summed E-state index contributed by atoms with van der Waals surface area (Å²) in [6, 6.07) is 5.82. The number of carbonyl (C=O) groups is 1. The molecule has 0 spiro atoms. The van der Waals surface area contributed by atoms with Crippen LogP contribution in [0, 0.1) is 11.6 Å². The summed E-state index contributed by atoms with van der Waals surface area (Å²) in [5.41, 5.74) is 0.180. The van der Waals surface area contributed by atoms with Crippen LogP contribution in [0.2, 0.25) is 5.02 Å². The molecule has 1 amide bonds. The molecule has 0 unspecified atom stereocenters. The fourth-order valence-electron chi connectivity index (χ4n) is 5.83. The third-order valence-electron chi connectivity index (χ3n) is 7.75. The van der Waals surface area contributed by atoms with Crippen molar-refractivity contribution in [3.8, 4) is 16.9 Å². The second-order valence-corrected chi connectivity index (χ2v) is 10.8. The largest absolute Gasteiger partial charge is 0.488 e. The lowest BCUT2D eigenvalue weighted by atomic mass is 9.99. The highest BCUT2D eigenvalue weighted by molar-refractivity contribution is 6.35. The average molecular weight is 581 g/mol. The Kier molecular flexibility index (Phi) is 6.77. The predicted octanol–water partition coefficient (Wildman–Crippen LogP) is 4.44. The van der Waals surface area contributed by atoms with Gasteiger partial charge in [-0.3, -0.25) is 14.0 Å². The van der Waals surface area contributed by atoms with Gasteiger partial charge in [0.15, 0.2) is 5.75 Å². The minimum Gasteiger partial charge on any atom is -0.488 e. The first-order chi connectivity index (χ1) is 19.7. The summed E-state index contributed by atoms with van der Waals surface area (Å²) in [7, 11) is 0. The maximum Gasteiger partial charge on any atom is 0.350 e. The molecule has 2 aliphatic rings. The number of aromatic nitrogens is 4. The molecule has 3 atom stereocenters. The molecule has 0 N–H and O–H groups in total. The van der Waals surface area contributed by atoms with E-state index in [-0.39, 0.29) is 46.5 Å². The zero-order valence-electron chi connectivity index (χ0n) is 22.4. The van der Waals surface area contributed by atoms with E-state index >= 15 is 4.39 Å². The van der Waals surface area contributed by atoms with Gasteiger partial charge in [0, 0.05) is 60.1 Å². The highest BCUT2D eigenvalue weighted by atomic mass is 35.5. The van der Waals surface area contributed by atoms with Crippen LogP contribution in [0.25, 0.3) is 22.0 Å². The van der Waals surface area contributed by atoms with Gasteiger partial charge in [0.05, 0.1) is 23.1 Å². The predicted molar refractivity (Wildman–Crippen MR) is 151 cm³/mol. The molecule has 2 aliphatic heterocycles. The molecule has 6 rings (SSSR count). The summed E-state index contributed by atoms with van der Waals surface area (Å²) in [5.74, 6) is -1.09. The van der Waals surface area contributed by atoms with Crippen LogP contribution in [0.3, 0.4) is 0 Å². The van der Waals surface area contributed by atoms with Crippen molar-refractivity contribution in [1.29, 1.82) is 0 Å². The molecule has 0 bridgehead atoms. The molecule has 0 saturated carbocycles. The number of anilines is 1. The van der Waals surface area contributed by atoms with Crippen LogP contribution in [-0.4, -0.2) is 61.9 Å². The van der Waals surface area contributed by atoms with Crippen LogP contribution < -0.4 is 15.3 Å². The molecule has 9 nitrogen and oxygen atoms in total. The Labute approximate surface area is 239 Å². The minimum absolute atomic E-state index is 0.0507. The van der Waals surface area contributed by atoms with E-state index in [1.165, 1.54) is 12.1 Å². The second-order valence-electron chi connectivity index (χ2n) is 10.4. The van der Waals surface area contributed by atoms with Crippen LogP contribution >= 0.6 is 11.6 Å². The molecule has 0 aliphatic carbocycles. The number of piperazine rings is 1. The van der Waals surface area contributed by atoms with Crippen LogP contribution in [0.5, 0.6) is 5.75 Å². The summed E-state index contributed by atoms with van der Waals surface area (Å²) in [5, 5.41) is 4.98. The van der Waals surface area contributed by atoms with Crippen molar-refractivity contribution < 1.29 is 18.3 Å². The van der Waals surface area contributed by atoms with Crippen LogP contribution in [0.1, 0.15) is 19.9 Å². The lowest BCUT2D eigenvalue weighted by Crippen LogP contribution is -2.58. The lowest BCUT2D eigenvalue weighted by molar-refractivity contribution is -0.128. The third kappa shape index (κ3) is 4.54. The van der Waals surface area contributed by atoms with Crippen molar-refractivity contribution in [2.24, 2.45) is 0 Å². The van der Waals surface area contributed by atoms with E-state index < -0.39 is 23.4 Å². The summed E-state index contributed by atoms with van der Waals surface area (Å²) in [4.78, 5) is 34.5. The Morgan fingerprint density at radius 3 is 2.73 bits per heavy atom. The molecular weight excluding hydrogens is 554 g/mol. The molecule has 4 aromatic rings. The summed E-state index contributed by atoms with van der Waals surface area (Å²) < 4.78 is 38.3. The van der Waals surface area contributed by atoms with E-state index in [1.54, 1.807) is 38.7 Å². The molecule has 41 heavy (non-hydrogen) atoms. The van der Waals surface area contributed by atoms with Gasteiger partial charge >= 0.3 is 5.69 Å². The fraction of sp³-hybridized carbons (Fsp3) is 0.310. The smallest absolute Gasteiger partial charge is 0.350 e. The molecule has 4 heterocycles. The fourth-order valence-corrected chi connectivity index (χ4v) is 6.12. The average Bonchev–Trinajstić information content (AvgIpc) is 3.45. The number of amides is 1. The minimum atomic E-state index is -0.807. The monoisotopic (exact) mass is 580 g/mol. The third-order valence-corrected chi connectivity index (χ3v) is 8.05. The lowest BCUT2D eigenvalue weighted by Gasteiger charge is -2.45. The summed E-state index contributed by atoms with van der Waals surface area (Å²) >= 11 is 6.81. The molecule has 2 aromatic heterocycles. The first kappa shape index (κ1) is 26.9. The summed E-state index contributed by atoms with van der Waals surface area (Å²) in [6.45, 7) is 8.69. The van der Waals surface area contributed by atoms with Crippen LogP contribution in [-0.2, 0) is 11.3 Å². The van der Waals surface area contributed by atoms with E-state index in [4.69, 9.17) is 16.3 Å². The molecule has 212 valence electrons. The molecule has 1 saturated heterocycles. The van der Waals surface area contributed by atoms with E-state index in [0.717, 1.165) is 12.1 Å². The van der Waals surface area contributed by atoms with Gasteiger partial charge in [-0.15, -0.1) is 0 Å². The van der Waals surface area contributed by atoms with E-state index in [9.17, 15) is 14.0 Å². The second kappa shape index (κ2) is 10.3. The maximum atomic E-state index is 15.1. The number of benzene rings is 2. The van der Waals surface area contributed by atoms with Crippen molar-refractivity contribution in [2.75, 3.05) is 24.6 Å². The zero-order valence-corrected chi connectivity index (χ0v) is 23.2. The van der Waals surface area contributed by atoms with Gasteiger partial charge in [0.25, 0.3) is 0 Å². The topological polar surface area (TPSA) is 85.5 Å². The van der Waals surface area contributed by atoms with Gasteiger partial charge in [-0.1, -0.05) is 18.2 Å². The maximum absolute atomic E-state index is 15.1. The van der Waals surface area contributed by atoms with Crippen LogP contribution in [0.15, 0.2) is 60.2 Å².